The normalized spacial score (nSPS) is 17.3. The van der Waals surface area contributed by atoms with Gasteiger partial charge in [0.1, 0.15) is 17.4 Å². The number of amides is 1. The van der Waals surface area contributed by atoms with Crippen LogP contribution in [0.4, 0.5) is 22.0 Å². The molecule has 0 radical (unpaired) electrons. The highest BCUT2D eigenvalue weighted by Crippen LogP contribution is 2.34. The van der Waals surface area contributed by atoms with E-state index < -0.39 is 23.5 Å². The van der Waals surface area contributed by atoms with Crippen molar-refractivity contribution in [2.45, 2.75) is 50.8 Å². The summed E-state index contributed by atoms with van der Waals surface area (Å²) in [6.07, 6.45) is -0.956. The number of fused-ring (bicyclic) bond motifs is 1. The Morgan fingerprint density at radius 1 is 0.918 bits per heavy atom. The van der Waals surface area contributed by atoms with Gasteiger partial charge in [-0.15, -0.1) is 13.2 Å². The fourth-order valence-corrected chi connectivity index (χ4v) is 6.69. The van der Waals surface area contributed by atoms with E-state index in [4.69, 9.17) is 5.73 Å². The van der Waals surface area contributed by atoms with E-state index in [9.17, 15) is 26.7 Å². The molecule has 0 bridgehead atoms. The van der Waals surface area contributed by atoms with Crippen molar-refractivity contribution in [3.05, 3.63) is 89.6 Å². The molecule has 0 spiro atoms. The summed E-state index contributed by atoms with van der Waals surface area (Å²) in [5.74, 6) is -1.50. The average molecular weight is 685 g/mol. The molecule has 2 aliphatic heterocycles. The number of alkyl halides is 3. The molecule has 2 aliphatic rings. The third-order valence-corrected chi connectivity index (χ3v) is 9.47. The summed E-state index contributed by atoms with van der Waals surface area (Å²) in [4.78, 5) is 17.1. The highest BCUT2D eigenvalue weighted by atomic mass is 19.4. The lowest BCUT2D eigenvalue weighted by atomic mass is 9.88. The Labute approximate surface area is 282 Å². The van der Waals surface area contributed by atoms with E-state index in [0.29, 0.717) is 65.1 Å². The molecular formula is C36H41F5N6O2. The van der Waals surface area contributed by atoms with Crippen molar-refractivity contribution in [2.75, 3.05) is 45.8 Å². The predicted octanol–water partition coefficient (Wildman–Crippen LogP) is 5.39. The standard InChI is InChI=1S/C36H41F5N6O2/c37-31-3-1-4-32(38)30(31)23-46-19-17-45(18-20-46)22-25-5-10-33-28(21-25)29(26-6-8-27(9-7-26)49-36(39,40)41)24-47(33)16-2-13-44-34(48)35(42)11-14-43-15-12-35/h1,3-10,21,24,43H,2,11-20,22-23,42H2,(H,44,48). The lowest BCUT2D eigenvalue weighted by Crippen LogP contribution is -2.59. The summed E-state index contributed by atoms with van der Waals surface area (Å²) >= 11 is 0. The van der Waals surface area contributed by atoms with Crippen molar-refractivity contribution in [3.63, 3.8) is 0 Å². The zero-order valence-corrected chi connectivity index (χ0v) is 27.2. The monoisotopic (exact) mass is 684 g/mol. The minimum Gasteiger partial charge on any atom is -0.406 e. The van der Waals surface area contributed by atoms with Gasteiger partial charge in [-0.3, -0.25) is 14.6 Å². The van der Waals surface area contributed by atoms with Crippen LogP contribution in [-0.4, -0.2) is 78.0 Å². The number of aromatic nitrogens is 1. The molecule has 3 aromatic carbocycles. The highest BCUT2D eigenvalue weighted by Gasteiger charge is 2.35. The number of hydrogen-bond donors (Lipinski definition) is 3. The largest absolute Gasteiger partial charge is 0.573 e. The Bertz CT molecular complexity index is 1730. The summed E-state index contributed by atoms with van der Waals surface area (Å²) < 4.78 is 72.9. The highest BCUT2D eigenvalue weighted by molar-refractivity contribution is 5.96. The van der Waals surface area contributed by atoms with Crippen LogP contribution in [0.2, 0.25) is 0 Å². The Kier molecular flexibility index (Phi) is 10.5. The minimum atomic E-state index is -4.78. The van der Waals surface area contributed by atoms with Crippen LogP contribution in [0.15, 0.2) is 66.9 Å². The first kappa shape index (κ1) is 34.8. The van der Waals surface area contributed by atoms with E-state index in [2.05, 4.69) is 43.0 Å². The molecule has 1 aromatic heterocycles. The molecule has 4 aromatic rings. The molecule has 2 fully saturated rings. The topological polar surface area (TPSA) is 87.8 Å². The number of piperazine rings is 1. The second-order valence-corrected chi connectivity index (χ2v) is 12.9. The lowest BCUT2D eigenvalue weighted by molar-refractivity contribution is -0.274. The Morgan fingerprint density at radius 2 is 1.57 bits per heavy atom. The minimum absolute atomic E-state index is 0.0869. The third-order valence-electron chi connectivity index (χ3n) is 9.47. The maximum absolute atomic E-state index is 14.2. The molecular weight excluding hydrogens is 643 g/mol. The quantitative estimate of drug-likeness (QED) is 0.145. The van der Waals surface area contributed by atoms with Crippen LogP contribution in [-0.2, 0) is 24.4 Å². The molecule has 4 N–H and O–H groups in total. The fraction of sp³-hybridized carbons (Fsp3) is 0.417. The predicted molar refractivity (Wildman–Crippen MR) is 178 cm³/mol. The summed E-state index contributed by atoms with van der Waals surface area (Å²) in [6, 6.07) is 16.0. The molecule has 3 heterocycles. The van der Waals surface area contributed by atoms with Gasteiger partial charge in [0.2, 0.25) is 5.91 Å². The number of benzene rings is 3. The van der Waals surface area contributed by atoms with Crippen LogP contribution in [0, 0.1) is 11.6 Å². The number of nitrogens with two attached hydrogens (primary N) is 1. The number of nitrogens with one attached hydrogen (secondary N) is 2. The van der Waals surface area contributed by atoms with Gasteiger partial charge in [0, 0.05) is 80.6 Å². The second-order valence-electron chi connectivity index (χ2n) is 12.9. The van der Waals surface area contributed by atoms with E-state index >= 15 is 0 Å². The Hall–Kier alpha value is -4.04. The van der Waals surface area contributed by atoms with Crippen molar-refractivity contribution in [1.29, 1.82) is 0 Å². The van der Waals surface area contributed by atoms with Crippen LogP contribution in [0.3, 0.4) is 0 Å². The second kappa shape index (κ2) is 14.8. The molecule has 0 unspecified atom stereocenters. The summed E-state index contributed by atoms with van der Waals surface area (Å²) in [5.41, 5.74) is 9.22. The van der Waals surface area contributed by atoms with Crippen molar-refractivity contribution in [2.24, 2.45) is 5.73 Å². The molecule has 0 atom stereocenters. The Balaban J connectivity index is 1.15. The number of aryl methyl sites for hydroxylation is 1. The molecule has 13 heteroatoms. The van der Waals surface area contributed by atoms with Gasteiger partial charge in [0.15, 0.2) is 0 Å². The summed E-state index contributed by atoms with van der Waals surface area (Å²) in [6.45, 7) is 6.17. The zero-order valence-electron chi connectivity index (χ0n) is 27.2. The van der Waals surface area contributed by atoms with Gasteiger partial charge in [0.05, 0.1) is 5.54 Å². The number of carbonyl (C=O) groups is 1. The van der Waals surface area contributed by atoms with Gasteiger partial charge in [0.25, 0.3) is 0 Å². The first-order valence-corrected chi connectivity index (χ1v) is 16.6. The zero-order chi connectivity index (χ0) is 34.6. The molecule has 0 saturated carbocycles. The van der Waals surface area contributed by atoms with Gasteiger partial charge in [-0.1, -0.05) is 24.3 Å². The molecule has 6 rings (SSSR count). The molecule has 1 amide bonds. The van der Waals surface area contributed by atoms with E-state index in [1.807, 2.05) is 11.1 Å². The Morgan fingerprint density at radius 3 is 2.22 bits per heavy atom. The number of halogens is 5. The van der Waals surface area contributed by atoms with Gasteiger partial charge >= 0.3 is 6.36 Å². The number of nitrogens with zero attached hydrogens (tertiary/aromatic N) is 3. The summed E-state index contributed by atoms with van der Waals surface area (Å²) in [7, 11) is 0. The van der Waals surface area contributed by atoms with Crippen molar-refractivity contribution in [1.82, 2.24) is 25.0 Å². The molecule has 49 heavy (non-hydrogen) atoms. The van der Waals surface area contributed by atoms with E-state index in [-0.39, 0.29) is 23.8 Å². The third kappa shape index (κ3) is 8.58. The number of hydrogen-bond acceptors (Lipinski definition) is 6. The van der Waals surface area contributed by atoms with Crippen LogP contribution >= 0.6 is 0 Å². The SMILES string of the molecule is NC1(C(=O)NCCCn2cc(-c3ccc(OC(F)(F)F)cc3)c3cc(CN4CCN(Cc5c(F)cccc5F)CC4)ccc32)CCNCC1. The molecule has 2 saturated heterocycles. The number of ether oxygens (including phenoxy) is 1. The molecule has 0 aliphatic carbocycles. The maximum Gasteiger partial charge on any atom is 0.573 e. The van der Waals surface area contributed by atoms with Crippen LogP contribution in [0.5, 0.6) is 5.75 Å². The van der Waals surface area contributed by atoms with Crippen LogP contribution in [0.25, 0.3) is 22.0 Å². The van der Waals surface area contributed by atoms with Gasteiger partial charge in [-0.25, -0.2) is 8.78 Å². The maximum atomic E-state index is 14.2. The van der Waals surface area contributed by atoms with Crippen molar-refractivity contribution in [3.8, 4) is 16.9 Å². The smallest absolute Gasteiger partial charge is 0.406 e. The fourth-order valence-electron chi connectivity index (χ4n) is 6.69. The number of carbonyl (C=O) groups excluding carboxylic acids is 1. The van der Waals surface area contributed by atoms with Crippen molar-refractivity contribution >= 4 is 16.8 Å². The summed E-state index contributed by atoms with van der Waals surface area (Å²) in [5, 5.41) is 7.17. The first-order valence-electron chi connectivity index (χ1n) is 16.6. The van der Waals surface area contributed by atoms with E-state index in [1.165, 1.54) is 30.3 Å². The lowest BCUT2D eigenvalue weighted by Gasteiger charge is -2.34. The van der Waals surface area contributed by atoms with Crippen LogP contribution in [0.1, 0.15) is 30.4 Å². The molecule has 262 valence electrons. The number of rotatable bonds is 11. The first-order chi connectivity index (χ1) is 23.5. The van der Waals surface area contributed by atoms with E-state index in [1.54, 1.807) is 12.1 Å². The average Bonchev–Trinajstić information content (AvgIpc) is 3.43. The van der Waals surface area contributed by atoms with Crippen molar-refractivity contribution < 1.29 is 31.5 Å². The molecule has 8 nitrogen and oxygen atoms in total. The number of piperidine rings is 1. The van der Waals surface area contributed by atoms with Crippen LogP contribution < -0.4 is 21.1 Å². The van der Waals surface area contributed by atoms with Gasteiger partial charge in [-0.05, 0) is 79.9 Å². The van der Waals surface area contributed by atoms with E-state index in [0.717, 1.165) is 40.7 Å². The van der Waals surface area contributed by atoms with Gasteiger partial charge in [-0.2, -0.15) is 0 Å². The van der Waals surface area contributed by atoms with Gasteiger partial charge < -0.3 is 25.7 Å².